The van der Waals surface area contributed by atoms with Gasteiger partial charge in [-0.3, -0.25) is 9.69 Å². The van der Waals surface area contributed by atoms with Gasteiger partial charge in [0.15, 0.2) is 0 Å². The Morgan fingerprint density at radius 2 is 2.21 bits per heavy atom. The molecule has 0 radical (unpaired) electrons. The van der Waals surface area contributed by atoms with Gasteiger partial charge in [-0.15, -0.1) is 10.2 Å². The number of hydrogen-bond acceptors (Lipinski definition) is 5. The lowest BCUT2D eigenvalue weighted by Crippen LogP contribution is -2.36. The molecule has 7 nitrogen and oxygen atoms in total. The Morgan fingerprint density at radius 1 is 1.33 bits per heavy atom. The zero-order valence-corrected chi connectivity index (χ0v) is 14.1. The van der Waals surface area contributed by atoms with Crippen LogP contribution in [0.3, 0.4) is 0 Å². The zero-order valence-electron chi connectivity index (χ0n) is 14.1. The molecule has 1 aliphatic heterocycles. The average Bonchev–Trinajstić information content (AvgIpc) is 3.31. The zero-order chi connectivity index (χ0) is 16.5. The molecule has 0 bridgehead atoms. The maximum Gasteiger partial charge on any atom is 0.251 e. The summed E-state index contributed by atoms with van der Waals surface area (Å²) in [6, 6.07) is 2.20. The predicted molar refractivity (Wildman–Crippen MR) is 89.8 cm³/mol. The number of rotatable bonds is 5. The Hall–Kier alpha value is -2.02. The highest BCUT2D eigenvalue weighted by atomic mass is 16.1. The number of hydrogen-bond donors (Lipinski definition) is 1. The van der Waals surface area contributed by atoms with Crippen molar-refractivity contribution in [1.29, 1.82) is 0 Å². The Morgan fingerprint density at radius 3 is 3.00 bits per heavy atom. The molecule has 0 aromatic carbocycles. The molecular formula is C17H24N6O. The monoisotopic (exact) mass is 328 g/mol. The van der Waals surface area contributed by atoms with E-state index >= 15 is 0 Å². The molecule has 1 aliphatic carbocycles. The molecule has 1 atom stereocenters. The third-order valence-electron chi connectivity index (χ3n) is 4.99. The van der Waals surface area contributed by atoms with Crippen molar-refractivity contribution in [3.8, 4) is 0 Å². The van der Waals surface area contributed by atoms with Gasteiger partial charge in [0.1, 0.15) is 18.0 Å². The van der Waals surface area contributed by atoms with E-state index in [4.69, 9.17) is 0 Å². The van der Waals surface area contributed by atoms with Crippen LogP contribution in [0.2, 0.25) is 0 Å². The first-order valence-corrected chi connectivity index (χ1v) is 8.94. The number of H-pyrrole nitrogens is 1. The summed E-state index contributed by atoms with van der Waals surface area (Å²) in [6.07, 6.45) is 7.45. The largest absolute Gasteiger partial charge is 0.314 e. The summed E-state index contributed by atoms with van der Waals surface area (Å²) in [4.78, 5) is 21.6. The average molecular weight is 328 g/mol. The summed E-state index contributed by atoms with van der Waals surface area (Å²) in [5, 5.41) is 8.53. The molecule has 0 unspecified atom stereocenters. The van der Waals surface area contributed by atoms with Gasteiger partial charge in [0, 0.05) is 30.3 Å². The lowest BCUT2D eigenvalue weighted by Gasteiger charge is -2.32. The standard InChI is InChI=1S/C17H24N6O/c1-2-13-8-16(24)20-15(19-13)10-22-7-3-4-12(9-22)17-21-18-11-23(17)14-5-6-14/h8,11-12,14H,2-7,9-10H2,1H3,(H,19,20,24)/t12-/m1/s1. The highest BCUT2D eigenvalue weighted by molar-refractivity contribution is 5.06. The fraction of sp³-hybridized carbons (Fsp3) is 0.647. The van der Waals surface area contributed by atoms with E-state index in [0.29, 0.717) is 18.5 Å². The van der Waals surface area contributed by atoms with E-state index in [-0.39, 0.29) is 5.56 Å². The molecule has 128 valence electrons. The van der Waals surface area contributed by atoms with E-state index < -0.39 is 0 Å². The maximum absolute atomic E-state index is 11.8. The second-order valence-electron chi connectivity index (χ2n) is 6.94. The van der Waals surface area contributed by atoms with Crippen molar-refractivity contribution in [2.75, 3.05) is 13.1 Å². The molecule has 2 aliphatic rings. The Bertz CT molecular complexity index is 762. The van der Waals surface area contributed by atoms with Crippen LogP contribution < -0.4 is 5.56 Å². The fourth-order valence-electron chi connectivity index (χ4n) is 3.62. The van der Waals surface area contributed by atoms with Gasteiger partial charge < -0.3 is 9.55 Å². The first-order valence-electron chi connectivity index (χ1n) is 8.94. The molecule has 2 aromatic heterocycles. The van der Waals surface area contributed by atoms with Crippen molar-refractivity contribution in [1.82, 2.24) is 29.6 Å². The van der Waals surface area contributed by atoms with E-state index in [2.05, 4.69) is 29.6 Å². The molecule has 1 saturated heterocycles. The van der Waals surface area contributed by atoms with E-state index in [0.717, 1.165) is 49.7 Å². The first-order chi connectivity index (χ1) is 11.7. The highest BCUT2D eigenvalue weighted by Crippen LogP contribution is 2.38. The van der Waals surface area contributed by atoms with Crippen molar-refractivity contribution in [2.45, 2.75) is 57.5 Å². The number of aromatic amines is 1. The van der Waals surface area contributed by atoms with Gasteiger partial charge in [-0.2, -0.15) is 0 Å². The van der Waals surface area contributed by atoms with Gasteiger partial charge in [-0.1, -0.05) is 6.92 Å². The molecular weight excluding hydrogens is 304 g/mol. The van der Waals surface area contributed by atoms with Gasteiger partial charge in [0.25, 0.3) is 5.56 Å². The summed E-state index contributed by atoms with van der Waals surface area (Å²) < 4.78 is 2.27. The van der Waals surface area contributed by atoms with Gasteiger partial charge in [-0.25, -0.2) is 4.98 Å². The number of piperidine rings is 1. The molecule has 3 heterocycles. The number of aromatic nitrogens is 5. The van der Waals surface area contributed by atoms with E-state index in [9.17, 15) is 4.79 Å². The molecule has 0 amide bonds. The Labute approximate surface area is 141 Å². The lowest BCUT2D eigenvalue weighted by atomic mass is 9.97. The van der Waals surface area contributed by atoms with Gasteiger partial charge in [0.05, 0.1) is 6.54 Å². The first kappa shape index (κ1) is 15.5. The van der Waals surface area contributed by atoms with Gasteiger partial charge >= 0.3 is 0 Å². The SMILES string of the molecule is CCc1cc(=O)[nH]c(CN2CCC[C@@H](c3nncn3C3CC3)C2)n1. The second-order valence-corrected chi connectivity index (χ2v) is 6.94. The summed E-state index contributed by atoms with van der Waals surface area (Å²) in [5.74, 6) is 2.32. The van der Waals surface area contributed by atoms with Crippen molar-refractivity contribution < 1.29 is 0 Å². The summed E-state index contributed by atoms with van der Waals surface area (Å²) in [6.45, 7) is 4.70. The number of likely N-dealkylation sites (tertiary alicyclic amines) is 1. The van der Waals surface area contributed by atoms with Gasteiger partial charge in [-0.05, 0) is 38.6 Å². The summed E-state index contributed by atoms with van der Waals surface area (Å²) >= 11 is 0. The van der Waals surface area contributed by atoms with Crippen molar-refractivity contribution in [2.24, 2.45) is 0 Å². The number of nitrogens with zero attached hydrogens (tertiary/aromatic N) is 5. The third kappa shape index (κ3) is 3.26. The van der Waals surface area contributed by atoms with Crippen molar-refractivity contribution in [3.05, 3.63) is 40.1 Å². The summed E-state index contributed by atoms with van der Waals surface area (Å²) in [5.41, 5.74) is 0.801. The quantitative estimate of drug-likeness (QED) is 0.902. The van der Waals surface area contributed by atoms with Crippen molar-refractivity contribution >= 4 is 0 Å². The second kappa shape index (κ2) is 6.47. The molecule has 2 fully saturated rings. The fourth-order valence-corrected chi connectivity index (χ4v) is 3.62. The van der Waals surface area contributed by atoms with Crippen LogP contribution in [-0.2, 0) is 13.0 Å². The van der Waals surface area contributed by atoms with Crippen LogP contribution in [0.25, 0.3) is 0 Å². The molecule has 24 heavy (non-hydrogen) atoms. The highest BCUT2D eigenvalue weighted by Gasteiger charge is 2.31. The van der Waals surface area contributed by atoms with Crippen LogP contribution in [0.15, 0.2) is 17.2 Å². The van der Waals surface area contributed by atoms with Crippen LogP contribution >= 0.6 is 0 Å². The number of aryl methyl sites for hydroxylation is 1. The smallest absolute Gasteiger partial charge is 0.251 e. The normalized spacial score (nSPS) is 22.0. The molecule has 1 N–H and O–H groups in total. The van der Waals surface area contributed by atoms with Crippen LogP contribution in [0.1, 0.15) is 61.9 Å². The predicted octanol–water partition coefficient (Wildman–Crippen LogP) is 1.64. The maximum atomic E-state index is 11.8. The van der Waals surface area contributed by atoms with Crippen LogP contribution in [-0.4, -0.2) is 42.7 Å². The molecule has 4 rings (SSSR count). The molecule has 1 saturated carbocycles. The third-order valence-corrected chi connectivity index (χ3v) is 4.99. The summed E-state index contributed by atoms with van der Waals surface area (Å²) in [7, 11) is 0. The van der Waals surface area contributed by atoms with Crippen LogP contribution in [0, 0.1) is 0 Å². The number of nitrogens with one attached hydrogen (secondary N) is 1. The molecule has 7 heteroatoms. The Kier molecular flexibility index (Phi) is 4.18. The molecule has 0 spiro atoms. The molecule has 2 aromatic rings. The van der Waals surface area contributed by atoms with Gasteiger partial charge in [0.2, 0.25) is 0 Å². The van der Waals surface area contributed by atoms with Crippen LogP contribution in [0.5, 0.6) is 0 Å². The van der Waals surface area contributed by atoms with E-state index in [1.807, 2.05) is 13.3 Å². The van der Waals surface area contributed by atoms with E-state index in [1.54, 1.807) is 6.07 Å². The lowest BCUT2D eigenvalue weighted by molar-refractivity contribution is 0.190. The minimum atomic E-state index is -0.0566. The van der Waals surface area contributed by atoms with Crippen LogP contribution in [0.4, 0.5) is 0 Å². The Balaban J connectivity index is 1.48. The topological polar surface area (TPSA) is 79.7 Å². The minimum absolute atomic E-state index is 0.0566. The van der Waals surface area contributed by atoms with E-state index in [1.165, 1.54) is 12.8 Å². The minimum Gasteiger partial charge on any atom is -0.314 e. The van der Waals surface area contributed by atoms with Crippen molar-refractivity contribution in [3.63, 3.8) is 0 Å².